The molecule has 0 bridgehead atoms. The van der Waals surface area contributed by atoms with Crippen molar-refractivity contribution in [1.82, 2.24) is 10.2 Å². The van der Waals surface area contributed by atoms with E-state index in [9.17, 15) is 9.59 Å². The predicted molar refractivity (Wildman–Crippen MR) is 52.6 cm³/mol. The van der Waals surface area contributed by atoms with Crippen LogP contribution in [0.25, 0.3) is 0 Å². The summed E-state index contributed by atoms with van der Waals surface area (Å²) in [5.41, 5.74) is 0. The van der Waals surface area contributed by atoms with Crippen molar-refractivity contribution in [2.45, 2.75) is 18.2 Å². The topological polar surface area (TPSA) is 49.4 Å². The maximum atomic E-state index is 11.5. The van der Waals surface area contributed by atoms with Crippen LogP contribution in [0.3, 0.4) is 0 Å². The fourth-order valence-electron chi connectivity index (χ4n) is 1.25. The summed E-state index contributed by atoms with van der Waals surface area (Å²) in [5.74, 6) is -0.0870. The normalized spacial score (nSPS) is 20.5. The lowest BCUT2D eigenvalue weighted by molar-refractivity contribution is -0.134. The average molecular weight is 249 g/mol. The molecule has 0 aliphatic carbocycles. The molecule has 1 unspecified atom stereocenters. The van der Waals surface area contributed by atoms with Gasteiger partial charge in [-0.05, 0) is 13.3 Å². The molecule has 1 fully saturated rings. The number of carbonyl (C=O) groups excluding carboxylic acids is 2. The first-order valence-corrected chi connectivity index (χ1v) is 5.22. The number of amides is 2. The van der Waals surface area contributed by atoms with E-state index >= 15 is 0 Å². The van der Waals surface area contributed by atoms with Crippen molar-refractivity contribution in [1.29, 1.82) is 0 Å². The van der Waals surface area contributed by atoms with Gasteiger partial charge in [-0.2, -0.15) is 0 Å². The van der Waals surface area contributed by atoms with Crippen molar-refractivity contribution in [2.24, 2.45) is 0 Å². The molecule has 0 spiro atoms. The highest BCUT2D eigenvalue weighted by atomic mass is 79.9. The molecule has 1 heterocycles. The lowest BCUT2D eigenvalue weighted by Gasteiger charge is -2.20. The van der Waals surface area contributed by atoms with Gasteiger partial charge in [0.2, 0.25) is 11.8 Å². The smallest absolute Gasteiger partial charge is 0.239 e. The van der Waals surface area contributed by atoms with Crippen molar-refractivity contribution in [3.63, 3.8) is 0 Å². The van der Waals surface area contributed by atoms with Crippen LogP contribution in [0.4, 0.5) is 0 Å². The van der Waals surface area contributed by atoms with Gasteiger partial charge in [0.1, 0.15) is 0 Å². The largest absolute Gasteiger partial charge is 0.354 e. The van der Waals surface area contributed by atoms with Crippen LogP contribution < -0.4 is 5.32 Å². The molecule has 0 aromatic rings. The van der Waals surface area contributed by atoms with Crippen LogP contribution >= 0.6 is 15.9 Å². The van der Waals surface area contributed by atoms with E-state index in [0.29, 0.717) is 13.1 Å². The third-order valence-electron chi connectivity index (χ3n) is 1.91. The van der Waals surface area contributed by atoms with E-state index in [1.165, 1.54) is 0 Å². The molecule has 0 radical (unpaired) electrons. The standard InChI is InChI=1S/C8H13BrN2O2/c1-6(9)8(13)11-4-2-3-10-7(12)5-11/h6H,2-5H2,1H3,(H,10,12). The first kappa shape index (κ1) is 10.5. The second kappa shape index (κ2) is 4.60. The summed E-state index contributed by atoms with van der Waals surface area (Å²) >= 11 is 3.20. The third kappa shape index (κ3) is 2.99. The van der Waals surface area contributed by atoms with Crippen LogP contribution in [0.2, 0.25) is 0 Å². The zero-order chi connectivity index (χ0) is 9.84. The Morgan fingerprint density at radius 1 is 1.69 bits per heavy atom. The minimum atomic E-state index is -0.210. The van der Waals surface area contributed by atoms with Gasteiger partial charge in [0, 0.05) is 13.1 Å². The van der Waals surface area contributed by atoms with Gasteiger partial charge in [-0.1, -0.05) is 15.9 Å². The Kier molecular flexibility index (Phi) is 3.71. The van der Waals surface area contributed by atoms with E-state index in [-0.39, 0.29) is 23.2 Å². The van der Waals surface area contributed by atoms with Gasteiger partial charge in [0.25, 0.3) is 0 Å². The van der Waals surface area contributed by atoms with Crippen molar-refractivity contribution in [3.05, 3.63) is 0 Å². The highest BCUT2D eigenvalue weighted by molar-refractivity contribution is 9.10. The van der Waals surface area contributed by atoms with Gasteiger partial charge in [0.05, 0.1) is 11.4 Å². The first-order valence-electron chi connectivity index (χ1n) is 4.31. The first-order chi connectivity index (χ1) is 6.11. The van der Waals surface area contributed by atoms with Gasteiger partial charge in [-0.15, -0.1) is 0 Å². The minimum Gasteiger partial charge on any atom is -0.354 e. The van der Waals surface area contributed by atoms with Crippen LogP contribution in [0.5, 0.6) is 0 Å². The molecule has 74 valence electrons. The fourth-order valence-corrected chi connectivity index (χ4v) is 1.54. The van der Waals surface area contributed by atoms with Gasteiger partial charge < -0.3 is 10.2 Å². The van der Waals surface area contributed by atoms with E-state index in [4.69, 9.17) is 0 Å². The van der Waals surface area contributed by atoms with Gasteiger partial charge in [0.15, 0.2) is 0 Å². The van der Waals surface area contributed by atoms with Gasteiger partial charge >= 0.3 is 0 Å². The molecule has 1 saturated heterocycles. The van der Waals surface area contributed by atoms with Crippen molar-refractivity contribution >= 4 is 27.7 Å². The number of hydrogen-bond acceptors (Lipinski definition) is 2. The maximum Gasteiger partial charge on any atom is 0.239 e. The van der Waals surface area contributed by atoms with Gasteiger partial charge in [-0.25, -0.2) is 0 Å². The maximum absolute atomic E-state index is 11.5. The van der Waals surface area contributed by atoms with E-state index in [2.05, 4.69) is 21.2 Å². The summed E-state index contributed by atoms with van der Waals surface area (Å²) < 4.78 is 0. The molecule has 0 saturated carbocycles. The number of nitrogens with one attached hydrogen (secondary N) is 1. The Hall–Kier alpha value is -0.580. The summed E-state index contributed by atoms with van der Waals surface area (Å²) in [6, 6.07) is 0. The van der Waals surface area contributed by atoms with E-state index in [0.717, 1.165) is 6.42 Å². The number of hydrogen-bond donors (Lipinski definition) is 1. The lowest BCUT2D eigenvalue weighted by Crippen LogP contribution is -2.40. The number of rotatable bonds is 1. The van der Waals surface area contributed by atoms with Crippen molar-refractivity contribution in [2.75, 3.05) is 19.6 Å². The number of alkyl halides is 1. The molecule has 2 amide bonds. The summed E-state index contributed by atoms with van der Waals surface area (Å²) in [6.45, 7) is 3.28. The molecule has 13 heavy (non-hydrogen) atoms. The Balaban J connectivity index is 2.57. The average Bonchev–Trinajstić information content (AvgIpc) is 2.28. The molecule has 1 rings (SSSR count). The number of nitrogens with zero attached hydrogens (tertiary/aromatic N) is 1. The fraction of sp³-hybridized carbons (Fsp3) is 0.750. The van der Waals surface area contributed by atoms with Crippen LogP contribution in [0, 0.1) is 0 Å². The molecule has 0 aromatic carbocycles. The SMILES string of the molecule is CC(Br)C(=O)N1CCCNC(=O)C1. The molecule has 4 nitrogen and oxygen atoms in total. The molecule has 1 N–H and O–H groups in total. The molecule has 1 atom stereocenters. The molecule has 5 heteroatoms. The summed E-state index contributed by atoms with van der Waals surface area (Å²) in [4.78, 5) is 24.0. The Morgan fingerprint density at radius 3 is 3.00 bits per heavy atom. The summed E-state index contributed by atoms with van der Waals surface area (Å²) in [5, 5.41) is 2.72. The van der Waals surface area contributed by atoms with Gasteiger partial charge in [-0.3, -0.25) is 9.59 Å². The highest BCUT2D eigenvalue weighted by Gasteiger charge is 2.22. The quantitative estimate of drug-likeness (QED) is 0.671. The molecule has 1 aliphatic rings. The predicted octanol–water partition coefficient (Wildman–Crippen LogP) is 0.118. The highest BCUT2D eigenvalue weighted by Crippen LogP contribution is 2.05. The van der Waals surface area contributed by atoms with Crippen LogP contribution in [0.1, 0.15) is 13.3 Å². The van der Waals surface area contributed by atoms with E-state index < -0.39 is 0 Å². The van der Waals surface area contributed by atoms with E-state index in [1.54, 1.807) is 11.8 Å². The Morgan fingerprint density at radius 2 is 2.38 bits per heavy atom. The molecule has 1 aliphatic heterocycles. The number of carbonyl (C=O) groups is 2. The van der Waals surface area contributed by atoms with E-state index in [1.807, 2.05) is 0 Å². The minimum absolute atomic E-state index is 0.0166. The molecular formula is C8H13BrN2O2. The second-order valence-corrected chi connectivity index (χ2v) is 4.45. The van der Waals surface area contributed by atoms with Crippen molar-refractivity contribution < 1.29 is 9.59 Å². The van der Waals surface area contributed by atoms with Crippen LogP contribution in [0.15, 0.2) is 0 Å². The Bertz CT molecular complexity index is 218. The number of halogens is 1. The van der Waals surface area contributed by atoms with Crippen molar-refractivity contribution in [3.8, 4) is 0 Å². The summed E-state index contributed by atoms with van der Waals surface area (Å²) in [7, 11) is 0. The monoisotopic (exact) mass is 248 g/mol. The van der Waals surface area contributed by atoms with Crippen LogP contribution in [-0.4, -0.2) is 41.2 Å². The van der Waals surface area contributed by atoms with Crippen LogP contribution in [-0.2, 0) is 9.59 Å². The second-order valence-electron chi connectivity index (χ2n) is 3.08. The summed E-state index contributed by atoms with van der Waals surface area (Å²) in [6.07, 6.45) is 0.831. The molecular weight excluding hydrogens is 236 g/mol. The zero-order valence-electron chi connectivity index (χ0n) is 7.55. The third-order valence-corrected chi connectivity index (χ3v) is 2.31. The molecule has 0 aromatic heterocycles. The lowest BCUT2D eigenvalue weighted by atomic mass is 10.3. The Labute approximate surface area is 85.8 Å². The zero-order valence-corrected chi connectivity index (χ0v) is 9.13.